The third-order valence-corrected chi connectivity index (χ3v) is 27.2. The van der Waals surface area contributed by atoms with Crippen LogP contribution in [0.4, 0.5) is 15.8 Å². The molecule has 13 aromatic rings. The van der Waals surface area contributed by atoms with Gasteiger partial charge in [0.2, 0.25) is 25.8 Å². The molecule has 35 heteroatoms. The Hall–Kier alpha value is -11.5. The molecule has 146 heavy (non-hydrogen) atoms. The zero-order valence-corrected chi connectivity index (χ0v) is 94.2. The Morgan fingerprint density at radius 1 is 0.493 bits per heavy atom. The molecule has 0 radical (unpaired) electrons. The number of aryl methyl sites for hydroxylation is 12. The highest BCUT2D eigenvalue weighted by atomic mass is 35.5. The van der Waals surface area contributed by atoms with Gasteiger partial charge in [0.15, 0.2) is 11.5 Å². The zero-order chi connectivity index (χ0) is 109. The molecule has 0 atom stereocenters. The zero-order valence-electron chi connectivity index (χ0n) is 86.5. The van der Waals surface area contributed by atoms with E-state index in [0.29, 0.717) is 120 Å². The van der Waals surface area contributed by atoms with E-state index in [1.54, 1.807) is 128 Å². The highest BCUT2D eigenvalue weighted by Crippen LogP contribution is 2.39. The van der Waals surface area contributed by atoms with E-state index in [0.717, 1.165) is 100 Å². The van der Waals surface area contributed by atoms with Crippen LogP contribution in [0.3, 0.4) is 0 Å². The molecule has 0 amide bonds. The molecule has 0 bridgehead atoms. The van der Waals surface area contributed by atoms with Crippen molar-refractivity contribution in [3.05, 3.63) is 399 Å². The topological polar surface area (TPSA) is 305 Å². The number of aromatic nitrogens is 3. The Balaban J connectivity index is 0.000000794. The standard InChI is InChI=1S/C11H15NO3S.C11H17NO2S.C10H14O3.C10H12O2.C10H14.C9H10Cl2O.C9H11ClO.C8H7NS.C7H6FNO2.C7H7NO2.2C6H5Cl2N.C6H7N.CH4/c1-10-2-4-11(5-3-10)16(13,14)12-6-8-15-9-7-12;1-4-12(5-2)15(13,14)11-8-6-7-10(3)9-11;1-7-5-8(11-2)10(13-4)9(6-7)12-3;1-3-12-10(11)9-6-4-5-8(2)7-9;1-8(2)10-6-4-5-9(3)7-10;1-5-7(10)4-8(12-3)6(2)9(5)11;1-6-4-7(2)9(11-3)5-8(6)10;1-7-2-4-8(5-3-7)10-6-9;1-5-4-6(9(10)11)2-3-7(5)8;1-6-2-4-7(5-3-6)8(9)10;1-4-5(7)2-9-3-6(4)8;1-4-2-5(7)9-6(8)3-4;1-6-4-2-3-5-7-6;/h2-5H,6-9H2,1H3;6-9H,4-5H2,1-3H3;5-6H,1-4H3;4-7H,3H2,1-2H3;4-8H,1-3H3;4H,1-3H3;4-5H,1-3H3;2-5H,1H3;2-4H,1H3;2-5H,1H3;2*2-3H,1H3;2-5H,1H3;1H4. The van der Waals surface area contributed by atoms with Crippen LogP contribution in [-0.4, -0.2) is 138 Å². The first-order valence-corrected chi connectivity index (χ1v) is 51.5. The molecular formula is C111H134Cl7FN8O16S3. The van der Waals surface area contributed by atoms with Crippen LogP contribution in [0.1, 0.15) is 147 Å². The van der Waals surface area contributed by atoms with E-state index >= 15 is 0 Å². The lowest BCUT2D eigenvalue weighted by Crippen LogP contribution is -2.40. The van der Waals surface area contributed by atoms with Crippen molar-refractivity contribution in [1.29, 1.82) is 5.26 Å². The summed E-state index contributed by atoms with van der Waals surface area (Å²) in [4.78, 5) is 43.8. The summed E-state index contributed by atoms with van der Waals surface area (Å²) in [6, 6.07) is 66.5. The Labute approximate surface area is 902 Å². The van der Waals surface area contributed by atoms with Gasteiger partial charge in [-0.15, -0.1) is 0 Å². The van der Waals surface area contributed by atoms with Gasteiger partial charge in [0.25, 0.3) is 11.4 Å². The smallest absolute Gasteiger partial charge is 0.338 e. The first-order chi connectivity index (χ1) is 68.4. The number of sulfonamides is 2. The Morgan fingerprint density at radius 3 is 1.39 bits per heavy atom. The third-order valence-electron chi connectivity index (χ3n) is 20.1. The minimum Gasteiger partial charge on any atom is -0.496 e. The number of carbonyl (C=O) groups excluding carboxylic acids is 1. The summed E-state index contributed by atoms with van der Waals surface area (Å²) in [6.07, 6.45) is 4.93. The highest BCUT2D eigenvalue weighted by molar-refractivity contribution is 8.03. The van der Waals surface area contributed by atoms with Crippen LogP contribution in [0, 0.1) is 141 Å². The fraction of sp³-hybridized carbons (Fsp3) is 0.306. The van der Waals surface area contributed by atoms with E-state index in [1.165, 1.54) is 62.2 Å². The number of hydrogen-bond donors (Lipinski definition) is 0. The number of esters is 1. The van der Waals surface area contributed by atoms with Gasteiger partial charge >= 0.3 is 5.97 Å². The number of nitrogens with zero attached hydrogens (tertiary/aromatic N) is 8. The second-order valence-electron chi connectivity index (χ2n) is 32.1. The van der Waals surface area contributed by atoms with E-state index in [2.05, 4.69) is 60.0 Å². The van der Waals surface area contributed by atoms with E-state index in [1.807, 2.05) is 212 Å². The maximum atomic E-state index is 12.5. The number of rotatable bonds is 17. The molecule has 0 unspecified atom stereocenters. The van der Waals surface area contributed by atoms with Gasteiger partial charge in [0.1, 0.15) is 33.0 Å². The van der Waals surface area contributed by atoms with Crippen molar-refractivity contribution in [3.8, 4) is 34.1 Å². The summed E-state index contributed by atoms with van der Waals surface area (Å²) < 4.78 is 99.6. The van der Waals surface area contributed by atoms with Crippen molar-refractivity contribution in [2.75, 3.05) is 81.5 Å². The molecule has 0 aliphatic carbocycles. The summed E-state index contributed by atoms with van der Waals surface area (Å²) >= 11 is 41.4. The van der Waals surface area contributed by atoms with Gasteiger partial charge in [-0.2, -0.15) is 13.9 Å². The maximum absolute atomic E-state index is 12.5. The number of methoxy groups -OCH3 is 5. The largest absolute Gasteiger partial charge is 0.496 e. The molecule has 0 N–H and O–H groups in total. The van der Waals surface area contributed by atoms with Crippen molar-refractivity contribution in [2.45, 2.75) is 167 Å². The molecular weight excluding hydrogens is 2060 g/mol. The maximum Gasteiger partial charge on any atom is 0.338 e. The minimum absolute atomic E-state index is 0. The van der Waals surface area contributed by atoms with Crippen LogP contribution < -0.4 is 23.7 Å². The van der Waals surface area contributed by atoms with Crippen molar-refractivity contribution in [1.82, 2.24) is 23.6 Å². The second-order valence-corrected chi connectivity index (χ2v) is 39.6. The molecule has 1 fully saturated rings. The van der Waals surface area contributed by atoms with E-state index in [4.69, 9.17) is 120 Å². The van der Waals surface area contributed by atoms with Crippen LogP contribution >= 0.6 is 93.0 Å². The Kier molecular flexibility index (Phi) is 63.9. The first-order valence-electron chi connectivity index (χ1n) is 45.2. The lowest BCUT2D eigenvalue weighted by Gasteiger charge is -2.26. The highest BCUT2D eigenvalue weighted by Gasteiger charge is 2.27. The van der Waals surface area contributed by atoms with Crippen LogP contribution in [0.2, 0.25) is 35.4 Å². The van der Waals surface area contributed by atoms with Crippen LogP contribution in [0.25, 0.3) is 0 Å². The van der Waals surface area contributed by atoms with Crippen LogP contribution in [-0.2, 0) is 29.5 Å². The molecule has 1 aliphatic rings. The summed E-state index contributed by atoms with van der Waals surface area (Å²) in [7, 11) is 1.44. The van der Waals surface area contributed by atoms with Gasteiger partial charge in [0, 0.05) is 95.2 Å². The Bertz CT molecular complexity index is 6380. The predicted molar refractivity (Wildman–Crippen MR) is 597 cm³/mol. The van der Waals surface area contributed by atoms with Gasteiger partial charge in [-0.1, -0.05) is 241 Å². The number of ether oxygens (including phenoxy) is 7. The number of nitro benzene ring substituents is 2. The number of benzene rings is 10. The monoisotopic (exact) mass is 2190 g/mol. The van der Waals surface area contributed by atoms with E-state index in [-0.39, 0.29) is 24.8 Å². The summed E-state index contributed by atoms with van der Waals surface area (Å²) in [5.74, 6) is 3.59. The van der Waals surface area contributed by atoms with Crippen LogP contribution in [0.5, 0.6) is 28.7 Å². The average molecular weight is 2200 g/mol. The molecule has 0 spiro atoms. The molecule has 10 aromatic carbocycles. The number of non-ortho nitro benzene ring substituents is 2. The molecule has 0 saturated carbocycles. The van der Waals surface area contributed by atoms with Gasteiger partial charge in [-0.25, -0.2) is 31.0 Å². The first kappa shape index (κ1) is 133. The molecule has 14 rings (SSSR count). The van der Waals surface area contributed by atoms with E-state index in [9.17, 15) is 46.2 Å². The molecule has 1 aliphatic heterocycles. The number of hydrogen-bond acceptors (Lipinski definition) is 21. The predicted octanol–water partition coefficient (Wildman–Crippen LogP) is 30.9. The van der Waals surface area contributed by atoms with Gasteiger partial charge < -0.3 is 33.2 Å². The number of nitro groups is 2. The summed E-state index contributed by atoms with van der Waals surface area (Å²) in [5.41, 5.74) is 17.2. The van der Waals surface area contributed by atoms with Crippen molar-refractivity contribution >= 4 is 130 Å². The van der Waals surface area contributed by atoms with Gasteiger partial charge in [0.05, 0.1) is 95.6 Å². The lowest BCUT2D eigenvalue weighted by atomic mass is 10.0. The molecule has 4 heterocycles. The summed E-state index contributed by atoms with van der Waals surface area (Å²) in [5, 5.41) is 34.8. The fourth-order valence-corrected chi connectivity index (χ4v) is 16.9. The number of pyridine rings is 3. The minimum atomic E-state index is -3.33. The molecule has 3 aromatic heterocycles. The van der Waals surface area contributed by atoms with Crippen molar-refractivity contribution in [3.63, 3.8) is 0 Å². The quantitative estimate of drug-likeness (QED) is 0.0204. The number of halogens is 8. The molecule has 24 nitrogen and oxygen atoms in total. The second kappa shape index (κ2) is 70.4. The lowest BCUT2D eigenvalue weighted by molar-refractivity contribution is -0.385. The SMILES string of the molecule is C.CCN(CC)S(=O)(=O)c1cccc(C)c1.CCOC(=O)c1cccc(C)c1.COc1cc(C)cc(OC)c1OC.COc1cc(Cl)c(C)c(Cl)c1C.COc1cc(Cl)c(C)cc1C.Cc1c(Cl)cncc1Cl.Cc1cc(Cl)nc(Cl)c1.Cc1cc([N+](=O)[O-])ccc1F.Cc1ccc(S(=O)(=O)N2CCOCC2)cc1.Cc1ccc(SC#N)cc1.Cc1ccc([N+](=O)[O-])cc1.Cc1cccc(C(C)C)c1.Cc1ccccn1. The molecule has 1 saturated heterocycles. The fourth-order valence-electron chi connectivity index (χ4n) is 12.0. The summed E-state index contributed by atoms with van der Waals surface area (Å²) in [6.45, 7) is 42.0. The number of nitriles is 1. The van der Waals surface area contributed by atoms with E-state index < -0.39 is 35.7 Å². The van der Waals surface area contributed by atoms with Gasteiger partial charge in [-0.3, -0.25) is 30.2 Å². The number of carbonyl (C=O) groups is 1. The Morgan fingerprint density at radius 2 is 0.973 bits per heavy atom. The average Bonchev–Trinajstić information content (AvgIpc) is 0.827. The van der Waals surface area contributed by atoms with Crippen LogP contribution in [0.15, 0.2) is 258 Å². The van der Waals surface area contributed by atoms with Crippen molar-refractivity contribution < 1.29 is 69.0 Å². The number of morpholine rings is 1. The normalized spacial score (nSPS) is 10.8. The number of thiocyanates is 1. The molecule has 788 valence electrons. The van der Waals surface area contributed by atoms with Gasteiger partial charge in [-0.05, 0) is 282 Å². The number of thioether (sulfide) groups is 1. The van der Waals surface area contributed by atoms with Crippen molar-refractivity contribution in [2.24, 2.45) is 0 Å². The third kappa shape index (κ3) is 49.3.